The maximum Gasteiger partial charge on any atom is 0.325 e. The molecule has 0 aromatic heterocycles. The van der Waals surface area contributed by atoms with Gasteiger partial charge in [0, 0.05) is 5.39 Å². The van der Waals surface area contributed by atoms with Gasteiger partial charge in [-0.25, -0.2) is 0 Å². The first kappa shape index (κ1) is 14.0. The normalized spacial score (nSPS) is 10.2. The fraction of sp³-hybridized carbons (Fsp3) is 0.200. The van der Waals surface area contributed by atoms with Crippen molar-refractivity contribution in [3.8, 4) is 5.75 Å². The molecule has 20 heavy (non-hydrogen) atoms. The van der Waals surface area contributed by atoms with E-state index in [-0.39, 0.29) is 13.1 Å². The maximum atomic E-state index is 11.7. The van der Waals surface area contributed by atoms with E-state index in [1.165, 1.54) is 7.11 Å². The molecule has 0 saturated carbocycles. The van der Waals surface area contributed by atoms with Gasteiger partial charge in [-0.1, -0.05) is 36.4 Å². The maximum absolute atomic E-state index is 11.7. The molecule has 0 bridgehead atoms. The van der Waals surface area contributed by atoms with Gasteiger partial charge in [0.2, 0.25) is 0 Å². The van der Waals surface area contributed by atoms with Crippen LogP contribution in [0.5, 0.6) is 5.75 Å². The van der Waals surface area contributed by atoms with E-state index in [0.29, 0.717) is 5.75 Å². The Balaban J connectivity index is 1.98. The topological polar surface area (TPSA) is 64.6 Å². The summed E-state index contributed by atoms with van der Waals surface area (Å²) in [5, 5.41) is 4.53. The summed E-state index contributed by atoms with van der Waals surface area (Å²) in [6.07, 6.45) is 0. The molecular formula is C15H15NO4. The molecule has 0 aliphatic rings. The first-order valence-electron chi connectivity index (χ1n) is 6.16. The smallest absolute Gasteiger partial charge is 0.325 e. The van der Waals surface area contributed by atoms with Crippen molar-refractivity contribution in [3.63, 3.8) is 0 Å². The summed E-state index contributed by atoms with van der Waals surface area (Å²) in [5.74, 6) is -0.374. The number of benzene rings is 2. The van der Waals surface area contributed by atoms with Gasteiger partial charge in [0.15, 0.2) is 0 Å². The average molecular weight is 273 g/mol. The van der Waals surface area contributed by atoms with Crippen LogP contribution in [0.15, 0.2) is 42.5 Å². The third kappa shape index (κ3) is 3.55. The van der Waals surface area contributed by atoms with Gasteiger partial charge in [-0.15, -0.1) is 0 Å². The van der Waals surface area contributed by atoms with Crippen LogP contribution in [0.2, 0.25) is 0 Å². The second kappa shape index (κ2) is 6.68. The quantitative estimate of drug-likeness (QED) is 0.661. The van der Waals surface area contributed by atoms with Gasteiger partial charge in [0.25, 0.3) is 0 Å². The second-order valence-corrected chi connectivity index (χ2v) is 4.13. The molecule has 0 saturated heterocycles. The highest BCUT2D eigenvalue weighted by molar-refractivity contribution is 5.90. The van der Waals surface area contributed by atoms with Crippen molar-refractivity contribution in [2.75, 3.05) is 20.2 Å². The zero-order valence-electron chi connectivity index (χ0n) is 11.1. The number of esters is 2. The first-order valence-corrected chi connectivity index (χ1v) is 6.16. The molecule has 0 unspecified atom stereocenters. The van der Waals surface area contributed by atoms with Crippen LogP contribution in [0.3, 0.4) is 0 Å². The van der Waals surface area contributed by atoms with E-state index >= 15 is 0 Å². The summed E-state index contributed by atoms with van der Waals surface area (Å²) in [5.41, 5.74) is 0. The average Bonchev–Trinajstić information content (AvgIpc) is 2.47. The lowest BCUT2D eigenvalue weighted by Gasteiger charge is -2.08. The zero-order valence-corrected chi connectivity index (χ0v) is 11.1. The summed E-state index contributed by atoms with van der Waals surface area (Å²) >= 11 is 0. The minimum Gasteiger partial charge on any atom is -0.468 e. The van der Waals surface area contributed by atoms with Crippen LogP contribution in [0.4, 0.5) is 0 Å². The summed E-state index contributed by atoms with van der Waals surface area (Å²) in [7, 11) is 1.29. The van der Waals surface area contributed by atoms with Crippen molar-refractivity contribution in [3.05, 3.63) is 42.5 Å². The lowest BCUT2D eigenvalue weighted by molar-refractivity contribution is -0.139. The lowest BCUT2D eigenvalue weighted by atomic mass is 10.1. The van der Waals surface area contributed by atoms with Gasteiger partial charge in [0.1, 0.15) is 5.75 Å². The molecule has 2 rings (SSSR count). The molecule has 0 amide bonds. The highest BCUT2D eigenvalue weighted by Crippen LogP contribution is 2.24. The molecule has 0 fully saturated rings. The van der Waals surface area contributed by atoms with E-state index in [1.54, 1.807) is 6.07 Å². The molecule has 0 radical (unpaired) electrons. The van der Waals surface area contributed by atoms with Crippen LogP contribution in [-0.2, 0) is 14.3 Å². The number of ether oxygens (including phenoxy) is 2. The Morgan fingerprint density at radius 2 is 1.70 bits per heavy atom. The lowest BCUT2D eigenvalue weighted by Crippen LogP contribution is -2.31. The van der Waals surface area contributed by atoms with Crippen LogP contribution < -0.4 is 10.1 Å². The molecule has 2 aromatic carbocycles. The van der Waals surface area contributed by atoms with Gasteiger partial charge in [-0.3, -0.25) is 14.9 Å². The highest BCUT2D eigenvalue weighted by Gasteiger charge is 2.08. The molecule has 0 heterocycles. The summed E-state index contributed by atoms with van der Waals surface area (Å²) < 4.78 is 9.74. The fourth-order valence-corrected chi connectivity index (χ4v) is 1.78. The van der Waals surface area contributed by atoms with Crippen LogP contribution >= 0.6 is 0 Å². The van der Waals surface area contributed by atoms with Gasteiger partial charge in [-0.05, 0) is 11.5 Å². The standard InChI is InChI=1S/C15H15NO4/c1-19-14(17)9-16-10-15(18)20-13-8-4-6-11-5-2-3-7-12(11)13/h2-8,16H,9-10H2,1H3. The van der Waals surface area contributed by atoms with Gasteiger partial charge in [0.05, 0.1) is 20.2 Å². The molecule has 0 aliphatic heterocycles. The van der Waals surface area contributed by atoms with Gasteiger partial charge < -0.3 is 9.47 Å². The molecule has 0 spiro atoms. The first-order chi connectivity index (χ1) is 9.70. The summed E-state index contributed by atoms with van der Waals surface area (Å²) in [4.78, 5) is 22.6. The molecule has 2 aromatic rings. The summed E-state index contributed by atoms with van der Waals surface area (Å²) in [6.45, 7) is -0.0839. The van der Waals surface area contributed by atoms with Crippen molar-refractivity contribution in [2.24, 2.45) is 0 Å². The number of methoxy groups -OCH3 is 1. The second-order valence-electron chi connectivity index (χ2n) is 4.13. The zero-order chi connectivity index (χ0) is 14.4. The molecule has 0 aliphatic carbocycles. The third-order valence-electron chi connectivity index (χ3n) is 2.74. The predicted octanol–water partition coefficient (Wildman–Crippen LogP) is 1.51. The van der Waals surface area contributed by atoms with Gasteiger partial charge in [-0.2, -0.15) is 0 Å². The van der Waals surface area contributed by atoms with E-state index in [9.17, 15) is 9.59 Å². The minimum atomic E-state index is -0.453. The third-order valence-corrected chi connectivity index (χ3v) is 2.74. The number of hydrogen-bond acceptors (Lipinski definition) is 5. The van der Waals surface area contributed by atoms with Crippen LogP contribution in [-0.4, -0.2) is 32.1 Å². The van der Waals surface area contributed by atoms with Crippen molar-refractivity contribution in [1.82, 2.24) is 5.32 Å². The molecule has 5 nitrogen and oxygen atoms in total. The Kier molecular flexibility index (Phi) is 4.68. The molecular weight excluding hydrogens is 258 g/mol. The van der Waals surface area contributed by atoms with Crippen LogP contribution in [0.25, 0.3) is 10.8 Å². The number of carbonyl (C=O) groups excluding carboxylic acids is 2. The van der Waals surface area contributed by atoms with E-state index < -0.39 is 11.9 Å². The number of hydrogen-bond donors (Lipinski definition) is 1. The molecule has 1 N–H and O–H groups in total. The molecule has 104 valence electrons. The highest BCUT2D eigenvalue weighted by atomic mass is 16.5. The van der Waals surface area contributed by atoms with E-state index in [1.807, 2.05) is 36.4 Å². The fourth-order valence-electron chi connectivity index (χ4n) is 1.78. The summed E-state index contributed by atoms with van der Waals surface area (Å²) in [6, 6.07) is 13.2. The van der Waals surface area contributed by atoms with Crippen LogP contribution in [0, 0.1) is 0 Å². The van der Waals surface area contributed by atoms with Crippen molar-refractivity contribution in [1.29, 1.82) is 0 Å². The largest absolute Gasteiger partial charge is 0.468 e. The Morgan fingerprint density at radius 1 is 1.00 bits per heavy atom. The number of rotatable bonds is 5. The van der Waals surface area contributed by atoms with E-state index in [0.717, 1.165) is 10.8 Å². The van der Waals surface area contributed by atoms with Crippen molar-refractivity contribution >= 4 is 22.7 Å². The van der Waals surface area contributed by atoms with Crippen molar-refractivity contribution < 1.29 is 19.1 Å². The SMILES string of the molecule is COC(=O)CNCC(=O)Oc1cccc2ccccc12. The van der Waals surface area contributed by atoms with Gasteiger partial charge >= 0.3 is 11.9 Å². The van der Waals surface area contributed by atoms with Crippen LogP contribution in [0.1, 0.15) is 0 Å². The Bertz CT molecular complexity index is 619. The number of carbonyl (C=O) groups is 2. The predicted molar refractivity (Wildman–Crippen MR) is 74.5 cm³/mol. The van der Waals surface area contributed by atoms with E-state index in [2.05, 4.69) is 10.1 Å². The Hall–Kier alpha value is -2.40. The van der Waals surface area contributed by atoms with Crippen molar-refractivity contribution in [2.45, 2.75) is 0 Å². The Labute approximate surface area is 116 Å². The Morgan fingerprint density at radius 3 is 2.50 bits per heavy atom. The minimum absolute atomic E-state index is 0.0266. The number of nitrogens with one attached hydrogen (secondary N) is 1. The monoisotopic (exact) mass is 273 g/mol. The number of fused-ring (bicyclic) bond motifs is 1. The molecule has 5 heteroatoms. The molecule has 0 atom stereocenters. The van der Waals surface area contributed by atoms with E-state index in [4.69, 9.17) is 4.74 Å².